The van der Waals surface area contributed by atoms with Crippen LogP contribution in [0.25, 0.3) is 31.4 Å². The van der Waals surface area contributed by atoms with Gasteiger partial charge in [0.15, 0.2) is 0 Å². The van der Waals surface area contributed by atoms with Gasteiger partial charge in [0.1, 0.15) is 4.83 Å². The highest BCUT2D eigenvalue weighted by atomic mass is 32.1. The summed E-state index contributed by atoms with van der Waals surface area (Å²) in [4.78, 5) is 17.2. The third kappa shape index (κ3) is 3.77. The molecule has 29 heavy (non-hydrogen) atoms. The summed E-state index contributed by atoms with van der Waals surface area (Å²) in [5.41, 5.74) is 5.98. The molecule has 0 aliphatic heterocycles. The highest BCUT2D eigenvalue weighted by Gasteiger charge is 2.19. The molecule has 0 spiro atoms. The fraction of sp³-hybridized carbons (Fsp3) is 0.280. The third-order valence-electron chi connectivity index (χ3n) is 5.66. The van der Waals surface area contributed by atoms with Crippen LogP contribution in [0.4, 0.5) is 0 Å². The van der Waals surface area contributed by atoms with E-state index in [0.29, 0.717) is 6.42 Å². The first kappa shape index (κ1) is 19.6. The molecule has 0 aliphatic rings. The summed E-state index contributed by atoms with van der Waals surface area (Å²) >= 11 is 1.74. The Morgan fingerprint density at radius 2 is 1.83 bits per heavy atom. The number of benzene rings is 2. The fourth-order valence-electron chi connectivity index (χ4n) is 3.96. The minimum atomic E-state index is -0.724. The minimum absolute atomic E-state index is 0.322. The molecule has 3 nitrogen and oxygen atoms in total. The summed E-state index contributed by atoms with van der Waals surface area (Å²) in [6, 6.07) is 17.2. The molecule has 0 bridgehead atoms. The number of carbonyl (C=O) groups is 1. The molecular weight excluding hydrogens is 378 g/mol. The van der Waals surface area contributed by atoms with E-state index in [1.54, 1.807) is 18.3 Å². The van der Waals surface area contributed by atoms with Crippen molar-refractivity contribution in [3.05, 3.63) is 65.4 Å². The molecule has 0 aliphatic carbocycles. The van der Waals surface area contributed by atoms with Crippen LogP contribution in [0.5, 0.6) is 0 Å². The molecule has 1 unspecified atom stereocenters. The van der Waals surface area contributed by atoms with E-state index in [1.807, 2.05) is 0 Å². The van der Waals surface area contributed by atoms with Gasteiger partial charge in [-0.25, -0.2) is 4.98 Å². The molecule has 4 heteroatoms. The van der Waals surface area contributed by atoms with Gasteiger partial charge in [0.05, 0.1) is 5.92 Å². The van der Waals surface area contributed by atoms with Crippen LogP contribution in [-0.2, 0) is 11.2 Å². The summed E-state index contributed by atoms with van der Waals surface area (Å²) in [5.74, 6) is -1.05. The molecule has 0 radical (unpaired) electrons. The van der Waals surface area contributed by atoms with Gasteiger partial charge in [-0.3, -0.25) is 4.79 Å². The lowest BCUT2D eigenvalue weighted by Gasteiger charge is -2.15. The van der Waals surface area contributed by atoms with Crippen molar-refractivity contribution >= 4 is 37.6 Å². The summed E-state index contributed by atoms with van der Waals surface area (Å²) < 4.78 is 1.25. The number of pyridine rings is 1. The maximum atomic E-state index is 11.2. The Hall–Kier alpha value is -2.72. The highest BCUT2D eigenvalue weighted by Crippen LogP contribution is 2.42. The van der Waals surface area contributed by atoms with Crippen molar-refractivity contribution in [2.75, 3.05) is 0 Å². The second-order valence-corrected chi connectivity index (χ2v) is 8.86. The van der Waals surface area contributed by atoms with E-state index in [-0.39, 0.29) is 5.92 Å². The number of carboxylic acid groups (broad SMARTS) is 1. The standard InChI is InChI=1S/C25H25NO2S/c1-15-11-13-18(14-12-15)22-19(9-6-7-16(2)25(27)28)17(3)26-24-23(22)20-8-4-5-10-21(20)29-24/h4-5,8,10-14,16H,6-7,9H2,1-3H3,(H,27,28). The molecule has 1 atom stereocenters. The van der Waals surface area contributed by atoms with Gasteiger partial charge < -0.3 is 5.11 Å². The van der Waals surface area contributed by atoms with Gasteiger partial charge in [-0.2, -0.15) is 0 Å². The van der Waals surface area contributed by atoms with Crippen LogP contribution in [0.1, 0.15) is 36.6 Å². The molecule has 0 amide bonds. The first-order valence-electron chi connectivity index (χ1n) is 10.1. The zero-order chi connectivity index (χ0) is 20.5. The summed E-state index contributed by atoms with van der Waals surface area (Å²) in [6.07, 6.45) is 2.34. The number of aromatic nitrogens is 1. The van der Waals surface area contributed by atoms with E-state index < -0.39 is 5.97 Å². The zero-order valence-corrected chi connectivity index (χ0v) is 17.8. The van der Waals surface area contributed by atoms with Gasteiger partial charge in [-0.15, -0.1) is 11.3 Å². The molecule has 4 rings (SSSR count). The SMILES string of the molecule is Cc1ccc(-c2c(CCCC(C)C(=O)O)c(C)nc3sc4ccccc4c23)cc1. The van der Waals surface area contributed by atoms with Crippen molar-refractivity contribution in [2.45, 2.75) is 40.0 Å². The molecule has 0 saturated heterocycles. The van der Waals surface area contributed by atoms with Crippen molar-refractivity contribution in [1.29, 1.82) is 0 Å². The van der Waals surface area contributed by atoms with E-state index in [4.69, 9.17) is 4.98 Å². The van der Waals surface area contributed by atoms with Crippen molar-refractivity contribution < 1.29 is 9.90 Å². The van der Waals surface area contributed by atoms with Crippen molar-refractivity contribution in [2.24, 2.45) is 5.92 Å². The van der Waals surface area contributed by atoms with Gasteiger partial charge in [0.25, 0.3) is 0 Å². The zero-order valence-electron chi connectivity index (χ0n) is 17.0. The molecular formula is C25H25NO2S. The van der Waals surface area contributed by atoms with Gasteiger partial charge in [0, 0.05) is 21.2 Å². The van der Waals surface area contributed by atoms with Gasteiger partial charge in [-0.1, -0.05) is 55.0 Å². The number of hydrogen-bond acceptors (Lipinski definition) is 3. The molecule has 0 saturated carbocycles. The average molecular weight is 404 g/mol. The molecule has 4 aromatic rings. The monoisotopic (exact) mass is 403 g/mol. The molecule has 0 fully saturated rings. The number of aryl methyl sites for hydroxylation is 2. The van der Waals surface area contributed by atoms with Gasteiger partial charge in [0.2, 0.25) is 0 Å². The smallest absolute Gasteiger partial charge is 0.306 e. The second kappa shape index (κ2) is 7.96. The average Bonchev–Trinajstić information content (AvgIpc) is 3.06. The highest BCUT2D eigenvalue weighted by molar-refractivity contribution is 7.25. The number of carboxylic acids is 1. The Balaban J connectivity index is 1.90. The lowest BCUT2D eigenvalue weighted by molar-refractivity contribution is -0.141. The lowest BCUT2D eigenvalue weighted by atomic mass is 9.90. The van der Waals surface area contributed by atoms with Crippen LogP contribution in [0, 0.1) is 19.8 Å². The Kier molecular flexibility index (Phi) is 5.37. The molecule has 148 valence electrons. The Bertz CT molecular complexity index is 1190. The van der Waals surface area contributed by atoms with Crippen molar-refractivity contribution in [1.82, 2.24) is 4.98 Å². The maximum absolute atomic E-state index is 11.2. The van der Waals surface area contributed by atoms with E-state index in [0.717, 1.165) is 23.4 Å². The normalized spacial score (nSPS) is 12.5. The Morgan fingerprint density at radius 3 is 2.55 bits per heavy atom. The fourth-order valence-corrected chi connectivity index (χ4v) is 5.09. The first-order valence-corrected chi connectivity index (χ1v) is 10.9. The maximum Gasteiger partial charge on any atom is 0.306 e. The van der Waals surface area contributed by atoms with E-state index in [9.17, 15) is 9.90 Å². The number of nitrogens with zero attached hydrogens (tertiary/aromatic N) is 1. The Morgan fingerprint density at radius 1 is 1.10 bits per heavy atom. The Labute approximate surface area is 175 Å². The number of fused-ring (bicyclic) bond motifs is 3. The predicted molar refractivity (Wildman–Crippen MR) is 122 cm³/mol. The van der Waals surface area contributed by atoms with E-state index in [1.165, 1.54) is 37.7 Å². The van der Waals surface area contributed by atoms with Crippen molar-refractivity contribution in [3.63, 3.8) is 0 Å². The van der Waals surface area contributed by atoms with Gasteiger partial charge in [-0.05, 0) is 55.9 Å². The largest absolute Gasteiger partial charge is 0.481 e. The number of aliphatic carboxylic acids is 1. The van der Waals surface area contributed by atoms with Crippen LogP contribution < -0.4 is 0 Å². The van der Waals surface area contributed by atoms with Crippen LogP contribution in [0.15, 0.2) is 48.5 Å². The van der Waals surface area contributed by atoms with Crippen LogP contribution in [0.3, 0.4) is 0 Å². The van der Waals surface area contributed by atoms with E-state index >= 15 is 0 Å². The van der Waals surface area contributed by atoms with Crippen LogP contribution >= 0.6 is 11.3 Å². The van der Waals surface area contributed by atoms with Crippen LogP contribution in [0.2, 0.25) is 0 Å². The molecule has 1 N–H and O–H groups in total. The number of thiophene rings is 1. The number of hydrogen-bond donors (Lipinski definition) is 1. The summed E-state index contributed by atoms with van der Waals surface area (Å²) in [5, 5.41) is 11.7. The topological polar surface area (TPSA) is 50.2 Å². The van der Waals surface area contributed by atoms with Gasteiger partial charge >= 0.3 is 5.97 Å². The lowest BCUT2D eigenvalue weighted by Crippen LogP contribution is -2.09. The predicted octanol–water partition coefficient (Wildman–Crippen LogP) is 6.78. The quantitative estimate of drug-likeness (QED) is 0.386. The first-order chi connectivity index (χ1) is 14.0. The molecule has 2 aromatic carbocycles. The van der Waals surface area contributed by atoms with Crippen LogP contribution in [-0.4, -0.2) is 16.1 Å². The summed E-state index contributed by atoms with van der Waals surface area (Å²) in [6.45, 7) is 5.97. The molecule has 2 aromatic heterocycles. The number of rotatable bonds is 6. The van der Waals surface area contributed by atoms with Crippen molar-refractivity contribution in [3.8, 4) is 11.1 Å². The molecule has 2 heterocycles. The summed E-state index contributed by atoms with van der Waals surface area (Å²) in [7, 11) is 0. The van der Waals surface area contributed by atoms with E-state index in [2.05, 4.69) is 62.4 Å². The third-order valence-corrected chi connectivity index (χ3v) is 6.73. The minimum Gasteiger partial charge on any atom is -0.481 e. The second-order valence-electron chi connectivity index (χ2n) is 7.83.